The molecule has 0 saturated heterocycles. The van der Waals surface area contributed by atoms with Crippen LogP contribution in [0.15, 0.2) is 17.3 Å². The zero-order chi connectivity index (χ0) is 18.5. The van der Waals surface area contributed by atoms with E-state index in [2.05, 4.69) is 27.8 Å². The molecule has 2 aromatic rings. The maximum absolute atomic E-state index is 12.5. The predicted molar refractivity (Wildman–Crippen MR) is 105 cm³/mol. The lowest BCUT2D eigenvalue weighted by Gasteiger charge is -2.16. The summed E-state index contributed by atoms with van der Waals surface area (Å²) in [5, 5.41) is 16.4. The summed E-state index contributed by atoms with van der Waals surface area (Å²) in [5.74, 6) is 0.203. The van der Waals surface area contributed by atoms with Gasteiger partial charge in [-0.25, -0.2) is 4.68 Å². The minimum atomic E-state index is -0.0670. The molecule has 1 amide bonds. The number of carbonyl (C=O) groups excluding carboxylic acids is 1. The number of hydrogen-bond acceptors (Lipinski definition) is 5. The van der Waals surface area contributed by atoms with Gasteiger partial charge in [0.1, 0.15) is 0 Å². The van der Waals surface area contributed by atoms with E-state index in [1.54, 1.807) is 0 Å². The molecule has 1 fully saturated rings. The van der Waals surface area contributed by atoms with Crippen LogP contribution in [-0.2, 0) is 17.6 Å². The van der Waals surface area contributed by atoms with Crippen LogP contribution >= 0.6 is 23.4 Å². The number of thioether (sulfide) groups is 1. The number of amides is 1. The van der Waals surface area contributed by atoms with Gasteiger partial charge in [0.25, 0.3) is 0 Å². The van der Waals surface area contributed by atoms with Crippen LogP contribution < -0.4 is 5.32 Å². The Balaban J connectivity index is 1.67. The Morgan fingerprint density at radius 1 is 1.31 bits per heavy atom. The molecule has 8 heteroatoms. The first-order valence-electron chi connectivity index (χ1n) is 9.14. The Hall–Kier alpha value is -1.60. The molecule has 1 aromatic carbocycles. The number of carbonyl (C=O) groups is 1. The SMILES string of the molecule is CCc1ccc(Cl)c(CC)c1NC(=O)CSc1nnnn1C1CCCC1. The number of halogens is 1. The second-order valence-electron chi connectivity index (χ2n) is 6.45. The minimum Gasteiger partial charge on any atom is -0.325 e. The molecule has 1 aromatic heterocycles. The topological polar surface area (TPSA) is 72.7 Å². The number of rotatable bonds is 7. The average molecular weight is 394 g/mol. The standard InChI is InChI=1S/C18H24ClN5OS/c1-3-12-9-10-15(19)14(4-2)17(12)20-16(25)11-26-18-21-22-23-24(18)13-7-5-6-8-13/h9-10,13H,3-8,11H2,1-2H3,(H,20,25). The molecule has 1 saturated carbocycles. The fourth-order valence-corrected chi connectivity index (χ4v) is 4.47. The summed E-state index contributed by atoms with van der Waals surface area (Å²) >= 11 is 7.69. The number of benzene rings is 1. The molecule has 1 aliphatic carbocycles. The fourth-order valence-electron chi connectivity index (χ4n) is 3.43. The maximum atomic E-state index is 12.5. The van der Waals surface area contributed by atoms with Gasteiger partial charge in [-0.15, -0.1) is 5.10 Å². The summed E-state index contributed by atoms with van der Waals surface area (Å²) in [6.45, 7) is 4.11. The third-order valence-corrected chi connectivity index (χ3v) is 6.09. The van der Waals surface area contributed by atoms with E-state index in [4.69, 9.17) is 11.6 Å². The van der Waals surface area contributed by atoms with Gasteiger partial charge >= 0.3 is 0 Å². The number of nitrogens with one attached hydrogen (secondary N) is 1. The molecular weight excluding hydrogens is 370 g/mol. The zero-order valence-corrected chi connectivity index (χ0v) is 16.7. The van der Waals surface area contributed by atoms with E-state index in [1.807, 2.05) is 23.7 Å². The Morgan fingerprint density at radius 2 is 2.08 bits per heavy atom. The summed E-state index contributed by atoms with van der Waals surface area (Å²) in [5.41, 5.74) is 2.93. The first-order valence-corrected chi connectivity index (χ1v) is 10.5. The highest BCUT2D eigenvalue weighted by atomic mass is 35.5. The summed E-state index contributed by atoms with van der Waals surface area (Å²) in [7, 11) is 0. The smallest absolute Gasteiger partial charge is 0.234 e. The number of hydrogen-bond donors (Lipinski definition) is 1. The zero-order valence-electron chi connectivity index (χ0n) is 15.2. The number of tetrazole rings is 1. The van der Waals surface area contributed by atoms with Crippen LogP contribution in [-0.4, -0.2) is 31.9 Å². The van der Waals surface area contributed by atoms with Crippen LogP contribution in [0.2, 0.25) is 5.02 Å². The van der Waals surface area contributed by atoms with Crippen LogP contribution in [0, 0.1) is 0 Å². The van der Waals surface area contributed by atoms with E-state index in [9.17, 15) is 4.79 Å². The number of aromatic nitrogens is 4. The van der Waals surface area contributed by atoms with Gasteiger partial charge in [0.15, 0.2) is 0 Å². The van der Waals surface area contributed by atoms with Crippen LogP contribution in [0.25, 0.3) is 0 Å². The van der Waals surface area contributed by atoms with Gasteiger partial charge in [-0.1, -0.05) is 56.1 Å². The lowest BCUT2D eigenvalue weighted by molar-refractivity contribution is -0.113. The average Bonchev–Trinajstić information content (AvgIpc) is 3.31. The van der Waals surface area contributed by atoms with Crippen molar-refractivity contribution in [3.05, 3.63) is 28.3 Å². The van der Waals surface area contributed by atoms with E-state index >= 15 is 0 Å². The van der Waals surface area contributed by atoms with Crippen molar-refractivity contribution in [2.24, 2.45) is 0 Å². The van der Waals surface area contributed by atoms with Crippen molar-refractivity contribution in [1.82, 2.24) is 20.2 Å². The van der Waals surface area contributed by atoms with E-state index in [0.29, 0.717) is 16.2 Å². The number of aryl methyl sites for hydroxylation is 1. The monoisotopic (exact) mass is 393 g/mol. The normalized spacial score (nSPS) is 14.7. The summed E-state index contributed by atoms with van der Waals surface area (Å²) in [4.78, 5) is 12.5. The molecule has 140 valence electrons. The Bertz CT molecular complexity index is 773. The van der Waals surface area contributed by atoms with Gasteiger partial charge in [0.05, 0.1) is 11.8 Å². The predicted octanol–water partition coefficient (Wildman–Crippen LogP) is 4.30. The highest BCUT2D eigenvalue weighted by Crippen LogP contribution is 2.32. The van der Waals surface area contributed by atoms with Crippen LogP contribution in [0.5, 0.6) is 0 Å². The molecule has 1 N–H and O–H groups in total. The highest BCUT2D eigenvalue weighted by molar-refractivity contribution is 7.99. The van der Waals surface area contributed by atoms with Crippen molar-refractivity contribution >= 4 is 35.0 Å². The van der Waals surface area contributed by atoms with Crippen molar-refractivity contribution in [3.63, 3.8) is 0 Å². The van der Waals surface area contributed by atoms with Crippen molar-refractivity contribution in [2.75, 3.05) is 11.1 Å². The molecule has 3 rings (SSSR count). The summed E-state index contributed by atoms with van der Waals surface area (Å²) < 4.78 is 1.87. The van der Waals surface area contributed by atoms with Gasteiger partial charge in [-0.3, -0.25) is 4.79 Å². The van der Waals surface area contributed by atoms with Crippen LogP contribution in [0.3, 0.4) is 0 Å². The molecule has 0 aliphatic heterocycles. The molecule has 1 heterocycles. The molecule has 0 radical (unpaired) electrons. The summed E-state index contributed by atoms with van der Waals surface area (Å²) in [6, 6.07) is 4.24. The van der Waals surface area contributed by atoms with Gasteiger partial charge in [-0.05, 0) is 53.3 Å². The lowest BCUT2D eigenvalue weighted by atomic mass is 10.0. The molecule has 0 unspecified atom stereocenters. The Labute approximate surface area is 163 Å². The second-order valence-corrected chi connectivity index (χ2v) is 7.80. The van der Waals surface area contributed by atoms with Crippen molar-refractivity contribution < 1.29 is 4.79 Å². The van der Waals surface area contributed by atoms with Gasteiger partial charge in [-0.2, -0.15) is 0 Å². The molecule has 1 aliphatic rings. The van der Waals surface area contributed by atoms with Gasteiger partial charge in [0, 0.05) is 10.7 Å². The lowest BCUT2D eigenvalue weighted by Crippen LogP contribution is -2.18. The van der Waals surface area contributed by atoms with Crippen LogP contribution in [0.1, 0.15) is 56.7 Å². The summed E-state index contributed by atoms with van der Waals surface area (Å²) in [6.07, 6.45) is 6.25. The quantitative estimate of drug-likeness (QED) is 0.710. The Kier molecular flexibility index (Phi) is 6.53. The third kappa shape index (κ3) is 4.20. The minimum absolute atomic E-state index is 0.0670. The van der Waals surface area contributed by atoms with E-state index < -0.39 is 0 Å². The largest absolute Gasteiger partial charge is 0.325 e. The van der Waals surface area contributed by atoms with Crippen molar-refractivity contribution in [3.8, 4) is 0 Å². The fraction of sp³-hybridized carbons (Fsp3) is 0.556. The number of nitrogens with zero attached hydrogens (tertiary/aromatic N) is 4. The molecule has 0 spiro atoms. The maximum Gasteiger partial charge on any atom is 0.234 e. The van der Waals surface area contributed by atoms with Gasteiger partial charge < -0.3 is 5.32 Å². The second kappa shape index (κ2) is 8.86. The highest BCUT2D eigenvalue weighted by Gasteiger charge is 2.22. The van der Waals surface area contributed by atoms with E-state index in [1.165, 1.54) is 24.6 Å². The molecule has 0 bridgehead atoms. The first-order chi connectivity index (χ1) is 12.6. The van der Waals surface area contributed by atoms with Crippen molar-refractivity contribution in [2.45, 2.75) is 63.6 Å². The molecular formula is C18H24ClN5OS. The molecule has 0 atom stereocenters. The number of anilines is 1. The van der Waals surface area contributed by atoms with Gasteiger partial charge in [0.2, 0.25) is 11.1 Å². The first kappa shape index (κ1) is 19.2. The van der Waals surface area contributed by atoms with Crippen LogP contribution in [0.4, 0.5) is 5.69 Å². The third-order valence-electron chi connectivity index (χ3n) is 4.81. The molecule has 6 nitrogen and oxygen atoms in total. The Morgan fingerprint density at radius 3 is 2.77 bits per heavy atom. The van der Waals surface area contributed by atoms with E-state index in [-0.39, 0.29) is 11.7 Å². The molecule has 26 heavy (non-hydrogen) atoms. The van der Waals surface area contributed by atoms with Crippen molar-refractivity contribution in [1.29, 1.82) is 0 Å². The van der Waals surface area contributed by atoms with E-state index in [0.717, 1.165) is 42.5 Å².